The molecule has 0 spiro atoms. The van der Waals surface area contributed by atoms with E-state index in [2.05, 4.69) is 72.6 Å². The first kappa shape index (κ1) is 20.8. The Morgan fingerprint density at radius 2 is 1.58 bits per heavy atom. The van der Waals surface area contributed by atoms with Crippen molar-refractivity contribution in [3.8, 4) is 23.0 Å². The lowest BCUT2D eigenvalue weighted by Gasteiger charge is -2.14. The van der Waals surface area contributed by atoms with Crippen LogP contribution in [0.5, 0.6) is 0 Å². The molecule has 0 fully saturated rings. The van der Waals surface area contributed by atoms with Crippen LogP contribution in [0.15, 0.2) is 72.8 Å². The van der Waals surface area contributed by atoms with Crippen LogP contribution in [0.4, 0.5) is 4.79 Å². The van der Waals surface area contributed by atoms with Gasteiger partial charge in [-0.2, -0.15) is 0 Å². The third kappa shape index (κ3) is 4.98. The first-order valence-corrected chi connectivity index (χ1v) is 10.9. The number of alkyl carbamates (subject to hydrolysis) is 1. The number of carbonyl (C=O) groups is 1. The summed E-state index contributed by atoms with van der Waals surface area (Å²) in [6.45, 7) is 2.98. The van der Waals surface area contributed by atoms with E-state index < -0.39 is 6.09 Å². The highest BCUT2D eigenvalue weighted by atomic mass is 16.5. The van der Waals surface area contributed by atoms with Gasteiger partial charge in [0.2, 0.25) is 0 Å². The number of hydrogen-bond donors (Lipinski definition) is 1. The van der Waals surface area contributed by atoms with Crippen LogP contribution in [-0.4, -0.2) is 19.2 Å². The fourth-order valence-corrected chi connectivity index (χ4v) is 4.08. The average molecular weight is 410 g/mol. The number of benzene rings is 3. The Morgan fingerprint density at radius 3 is 2.23 bits per heavy atom. The summed E-state index contributed by atoms with van der Waals surface area (Å²) >= 11 is 0. The van der Waals surface area contributed by atoms with E-state index >= 15 is 0 Å². The van der Waals surface area contributed by atoms with E-state index in [1.807, 2.05) is 24.3 Å². The summed E-state index contributed by atoms with van der Waals surface area (Å²) in [7, 11) is 0. The summed E-state index contributed by atoms with van der Waals surface area (Å²) in [6.07, 6.45) is 2.43. The van der Waals surface area contributed by atoms with Gasteiger partial charge in [-0.3, -0.25) is 0 Å². The molecule has 3 nitrogen and oxygen atoms in total. The second-order valence-electron chi connectivity index (χ2n) is 7.75. The molecular formula is C28H27NO2. The molecule has 1 aliphatic carbocycles. The van der Waals surface area contributed by atoms with Crippen molar-refractivity contribution in [1.82, 2.24) is 5.32 Å². The summed E-state index contributed by atoms with van der Waals surface area (Å²) in [5.74, 6) is 6.33. The number of hydrogen-bond acceptors (Lipinski definition) is 2. The van der Waals surface area contributed by atoms with Crippen LogP contribution in [-0.2, 0) is 11.2 Å². The second kappa shape index (κ2) is 10.00. The van der Waals surface area contributed by atoms with Crippen LogP contribution < -0.4 is 5.32 Å². The van der Waals surface area contributed by atoms with Gasteiger partial charge in [-0.25, -0.2) is 4.79 Å². The molecule has 0 aliphatic heterocycles. The molecule has 0 heterocycles. The molecule has 1 N–H and O–H groups in total. The Bertz CT molecular complexity index is 1060. The lowest BCUT2D eigenvalue weighted by Crippen LogP contribution is -2.26. The highest BCUT2D eigenvalue weighted by Crippen LogP contribution is 2.44. The average Bonchev–Trinajstić information content (AvgIpc) is 3.12. The van der Waals surface area contributed by atoms with Gasteiger partial charge in [0.15, 0.2) is 0 Å². The molecule has 3 aromatic carbocycles. The summed E-state index contributed by atoms with van der Waals surface area (Å²) < 4.78 is 5.54. The Balaban J connectivity index is 1.25. The van der Waals surface area contributed by atoms with Gasteiger partial charge >= 0.3 is 6.09 Å². The third-order valence-corrected chi connectivity index (χ3v) is 5.59. The van der Waals surface area contributed by atoms with E-state index in [4.69, 9.17) is 4.74 Å². The Morgan fingerprint density at radius 1 is 0.935 bits per heavy atom. The van der Waals surface area contributed by atoms with Crippen LogP contribution >= 0.6 is 0 Å². The number of fused-ring (bicyclic) bond motifs is 3. The first-order chi connectivity index (χ1) is 15.3. The second-order valence-corrected chi connectivity index (χ2v) is 7.75. The van der Waals surface area contributed by atoms with Crippen LogP contribution in [0, 0.1) is 11.8 Å². The van der Waals surface area contributed by atoms with Gasteiger partial charge in [-0.1, -0.05) is 85.8 Å². The number of nitrogens with one attached hydrogen (secondary N) is 1. The summed E-state index contributed by atoms with van der Waals surface area (Å²) in [5, 5.41) is 2.80. The van der Waals surface area contributed by atoms with E-state index in [9.17, 15) is 4.79 Å². The zero-order valence-corrected chi connectivity index (χ0v) is 17.9. The highest BCUT2D eigenvalue weighted by Gasteiger charge is 2.28. The van der Waals surface area contributed by atoms with Crippen molar-refractivity contribution in [2.24, 2.45) is 0 Å². The largest absolute Gasteiger partial charge is 0.449 e. The number of ether oxygens (including phenoxy) is 1. The minimum atomic E-state index is -0.396. The number of aryl methyl sites for hydroxylation is 1. The Hall–Kier alpha value is -3.51. The van der Waals surface area contributed by atoms with Crippen molar-refractivity contribution in [2.45, 2.75) is 32.1 Å². The molecule has 4 rings (SSSR count). The minimum Gasteiger partial charge on any atom is -0.449 e. The van der Waals surface area contributed by atoms with Crippen molar-refractivity contribution in [3.63, 3.8) is 0 Å². The minimum absolute atomic E-state index is 0.0774. The van der Waals surface area contributed by atoms with Gasteiger partial charge in [0.1, 0.15) is 6.61 Å². The molecule has 0 saturated heterocycles. The molecule has 0 radical (unpaired) electrons. The van der Waals surface area contributed by atoms with Crippen molar-refractivity contribution in [3.05, 3.63) is 95.1 Å². The summed E-state index contributed by atoms with van der Waals surface area (Å²) in [5.41, 5.74) is 7.22. The quantitative estimate of drug-likeness (QED) is 0.405. The predicted octanol–water partition coefficient (Wildman–Crippen LogP) is 5.92. The van der Waals surface area contributed by atoms with Gasteiger partial charge in [0.05, 0.1) is 0 Å². The molecule has 1 amide bonds. The normalized spacial score (nSPS) is 11.8. The number of carbonyl (C=O) groups excluding carboxylic acids is 1. The van der Waals surface area contributed by atoms with Crippen LogP contribution in [0.3, 0.4) is 0 Å². The molecule has 0 aromatic heterocycles. The highest BCUT2D eigenvalue weighted by molar-refractivity contribution is 5.79. The van der Waals surface area contributed by atoms with Crippen LogP contribution in [0.25, 0.3) is 11.1 Å². The van der Waals surface area contributed by atoms with Crippen molar-refractivity contribution < 1.29 is 9.53 Å². The Labute approximate surface area is 184 Å². The topological polar surface area (TPSA) is 38.3 Å². The first-order valence-electron chi connectivity index (χ1n) is 10.9. The SMILES string of the molecule is CCCc1ccc(C#CCCNC(=O)OCC2c3ccccc3-c3ccccc32)cc1. The van der Waals surface area contributed by atoms with Gasteiger partial charge in [-0.15, -0.1) is 0 Å². The molecule has 0 bridgehead atoms. The molecule has 156 valence electrons. The predicted molar refractivity (Wildman–Crippen MR) is 125 cm³/mol. The molecular weight excluding hydrogens is 382 g/mol. The molecule has 0 unspecified atom stereocenters. The number of amides is 1. The zero-order chi connectivity index (χ0) is 21.5. The van der Waals surface area contributed by atoms with Crippen molar-refractivity contribution in [2.75, 3.05) is 13.2 Å². The van der Waals surface area contributed by atoms with E-state index in [1.54, 1.807) is 0 Å². The lowest BCUT2D eigenvalue weighted by atomic mass is 9.98. The van der Waals surface area contributed by atoms with Gasteiger partial charge in [0, 0.05) is 24.4 Å². The maximum atomic E-state index is 12.2. The fraction of sp³-hybridized carbons (Fsp3) is 0.250. The maximum absolute atomic E-state index is 12.2. The standard InChI is InChI=1S/C28H27NO2/c1-2-9-21-15-17-22(18-16-21)10-7-8-19-29-28(30)31-20-27-25-13-5-3-11-23(25)24-12-4-6-14-26(24)27/h3-6,11-18,27H,2,8-9,19-20H2,1H3,(H,29,30). The van der Waals surface area contributed by atoms with E-state index in [0.717, 1.165) is 18.4 Å². The van der Waals surface area contributed by atoms with Crippen molar-refractivity contribution in [1.29, 1.82) is 0 Å². The van der Waals surface area contributed by atoms with Gasteiger partial charge in [-0.05, 0) is 46.4 Å². The summed E-state index contributed by atoms with van der Waals surface area (Å²) in [4.78, 5) is 12.2. The Kier molecular flexibility index (Phi) is 6.69. The van der Waals surface area contributed by atoms with E-state index in [1.165, 1.54) is 27.8 Å². The molecule has 31 heavy (non-hydrogen) atoms. The summed E-state index contributed by atoms with van der Waals surface area (Å²) in [6, 6.07) is 25.0. The van der Waals surface area contributed by atoms with E-state index in [-0.39, 0.29) is 5.92 Å². The van der Waals surface area contributed by atoms with Gasteiger partial charge in [0.25, 0.3) is 0 Å². The fourth-order valence-electron chi connectivity index (χ4n) is 4.08. The monoisotopic (exact) mass is 409 g/mol. The molecule has 3 aromatic rings. The van der Waals surface area contributed by atoms with Gasteiger partial charge < -0.3 is 10.1 Å². The van der Waals surface area contributed by atoms with Crippen molar-refractivity contribution >= 4 is 6.09 Å². The van der Waals surface area contributed by atoms with E-state index in [0.29, 0.717) is 19.6 Å². The maximum Gasteiger partial charge on any atom is 0.407 e. The zero-order valence-electron chi connectivity index (χ0n) is 17.9. The third-order valence-electron chi connectivity index (χ3n) is 5.59. The smallest absolute Gasteiger partial charge is 0.407 e. The molecule has 3 heteroatoms. The lowest BCUT2D eigenvalue weighted by molar-refractivity contribution is 0.143. The van der Waals surface area contributed by atoms with Crippen LogP contribution in [0.2, 0.25) is 0 Å². The number of rotatable bonds is 6. The molecule has 0 saturated carbocycles. The molecule has 1 aliphatic rings. The van der Waals surface area contributed by atoms with Crippen LogP contribution in [0.1, 0.15) is 47.9 Å². The molecule has 0 atom stereocenters.